The molecule has 0 amide bonds. The van der Waals surface area contributed by atoms with Gasteiger partial charge in [-0.15, -0.1) is 0 Å². The number of halogens is 3. The predicted molar refractivity (Wildman–Crippen MR) is 141 cm³/mol. The van der Waals surface area contributed by atoms with Crippen LogP contribution in [0.3, 0.4) is 0 Å². The molecule has 1 aliphatic heterocycles. The molecule has 2 aromatic rings. The van der Waals surface area contributed by atoms with Crippen LogP contribution in [0.25, 0.3) is 0 Å². The van der Waals surface area contributed by atoms with Crippen molar-refractivity contribution in [3.05, 3.63) is 47.8 Å². The van der Waals surface area contributed by atoms with Crippen molar-refractivity contribution in [2.75, 3.05) is 44.4 Å². The number of alkyl halides is 3. The lowest BCUT2D eigenvalue weighted by molar-refractivity contribution is -0.0492. The Labute approximate surface area is 222 Å². The minimum atomic E-state index is -5.58. The van der Waals surface area contributed by atoms with Crippen LogP contribution in [0.4, 0.5) is 24.5 Å². The van der Waals surface area contributed by atoms with E-state index in [1.807, 2.05) is 30.0 Å². The maximum absolute atomic E-state index is 13.8. The molecule has 2 N–H and O–H groups in total. The third-order valence-electron chi connectivity index (χ3n) is 7.29. The van der Waals surface area contributed by atoms with E-state index in [9.17, 15) is 21.6 Å². The van der Waals surface area contributed by atoms with Gasteiger partial charge in [0.15, 0.2) is 0 Å². The number of sulfonamides is 1. The maximum atomic E-state index is 13.8. The van der Waals surface area contributed by atoms with Gasteiger partial charge in [0, 0.05) is 48.8 Å². The molecule has 12 heteroatoms. The van der Waals surface area contributed by atoms with E-state index >= 15 is 0 Å². The summed E-state index contributed by atoms with van der Waals surface area (Å²) < 4.78 is 73.6. The van der Waals surface area contributed by atoms with E-state index in [1.165, 1.54) is 0 Å². The second-order valence-electron chi connectivity index (χ2n) is 10.4. The highest BCUT2D eigenvalue weighted by Gasteiger charge is 2.51. The van der Waals surface area contributed by atoms with Gasteiger partial charge in [0.25, 0.3) is 0 Å². The fourth-order valence-electron chi connectivity index (χ4n) is 5.36. The minimum Gasteiger partial charge on any atom is -0.492 e. The van der Waals surface area contributed by atoms with Crippen molar-refractivity contribution in [2.45, 2.75) is 56.7 Å². The van der Waals surface area contributed by atoms with Gasteiger partial charge in [-0.1, -0.05) is 31.7 Å². The summed E-state index contributed by atoms with van der Waals surface area (Å²) in [5.41, 5.74) is 2.83. The Balaban J connectivity index is 1.81. The van der Waals surface area contributed by atoms with Gasteiger partial charge in [-0.25, -0.2) is 8.42 Å². The third-order valence-corrected chi connectivity index (χ3v) is 8.83. The van der Waals surface area contributed by atoms with Crippen LogP contribution in [0.5, 0.6) is 5.75 Å². The molecule has 0 spiro atoms. The van der Waals surface area contributed by atoms with Crippen LogP contribution in [-0.2, 0) is 23.1 Å². The van der Waals surface area contributed by atoms with E-state index in [0.29, 0.717) is 58.2 Å². The number of nitrogen functional groups attached to an aromatic ring is 1. The van der Waals surface area contributed by atoms with Gasteiger partial charge in [-0.2, -0.15) is 17.5 Å². The molecule has 1 aliphatic carbocycles. The minimum absolute atomic E-state index is 0.274. The number of hydrogen-bond donors (Lipinski definition) is 1. The molecule has 38 heavy (non-hydrogen) atoms. The predicted octanol–water partition coefficient (Wildman–Crippen LogP) is 4.22. The average molecular weight is 556 g/mol. The van der Waals surface area contributed by atoms with Crippen LogP contribution in [0.15, 0.2) is 36.5 Å². The monoisotopic (exact) mass is 555 g/mol. The highest BCUT2D eigenvalue weighted by Crippen LogP contribution is 2.41. The van der Waals surface area contributed by atoms with E-state index in [4.69, 9.17) is 10.5 Å². The molecule has 1 aromatic heterocycles. The van der Waals surface area contributed by atoms with Crippen LogP contribution in [-0.4, -0.2) is 67.9 Å². The van der Waals surface area contributed by atoms with Gasteiger partial charge in [0.05, 0.1) is 12.2 Å². The molecular formula is C26H36F3N5O3S. The fourth-order valence-corrected chi connectivity index (χ4v) is 6.32. The van der Waals surface area contributed by atoms with Crippen LogP contribution >= 0.6 is 0 Å². The zero-order chi connectivity index (χ0) is 27.5. The maximum Gasteiger partial charge on any atom is 0.511 e. The number of nitrogens with two attached hydrogens (primary N) is 1. The number of nitrogens with zero attached hydrogens (tertiary/aromatic N) is 4. The van der Waals surface area contributed by atoms with Crippen molar-refractivity contribution in [3.63, 3.8) is 0 Å². The Hall–Kier alpha value is -2.57. The number of ether oxygens (including phenoxy) is 1. The zero-order valence-corrected chi connectivity index (χ0v) is 22.6. The normalized spacial score (nSPS) is 19.5. The Morgan fingerprint density at radius 3 is 2.58 bits per heavy atom. The van der Waals surface area contributed by atoms with Crippen molar-refractivity contribution in [3.8, 4) is 5.75 Å². The van der Waals surface area contributed by atoms with Gasteiger partial charge in [-0.05, 0) is 50.7 Å². The van der Waals surface area contributed by atoms with Gasteiger partial charge in [0.2, 0.25) is 0 Å². The molecule has 1 saturated carbocycles. The van der Waals surface area contributed by atoms with Crippen molar-refractivity contribution >= 4 is 21.4 Å². The Bertz CT molecular complexity index is 1200. The molecule has 1 fully saturated rings. The van der Waals surface area contributed by atoms with Crippen molar-refractivity contribution in [2.24, 2.45) is 5.92 Å². The average Bonchev–Trinajstić information content (AvgIpc) is 3.29. The van der Waals surface area contributed by atoms with Gasteiger partial charge >= 0.3 is 15.5 Å². The first-order valence-corrected chi connectivity index (χ1v) is 14.3. The smallest absolute Gasteiger partial charge is 0.492 e. The summed E-state index contributed by atoms with van der Waals surface area (Å²) in [6, 6.07) is 8.22. The second-order valence-corrected chi connectivity index (χ2v) is 12.3. The van der Waals surface area contributed by atoms with Crippen molar-refractivity contribution in [1.82, 2.24) is 14.2 Å². The topological polar surface area (TPSA) is 92.0 Å². The quantitative estimate of drug-likeness (QED) is 0.495. The summed E-state index contributed by atoms with van der Waals surface area (Å²) in [6.07, 6.45) is 6.27. The summed E-state index contributed by atoms with van der Waals surface area (Å²) in [5.74, 6) is 0.687. The molecule has 1 aromatic carbocycles. The summed E-state index contributed by atoms with van der Waals surface area (Å²) in [6.45, 7) is 0.452. The van der Waals surface area contributed by atoms with Crippen molar-refractivity contribution in [1.29, 1.82) is 0 Å². The molecule has 0 bridgehead atoms. The lowest BCUT2D eigenvalue weighted by Crippen LogP contribution is -2.47. The number of benzene rings is 1. The Morgan fingerprint density at radius 1 is 1.18 bits per heavy atom. The summed E-state index contributed by atoms with van der Waals surface area (Å²) >= 11 is 0. The van der Waals surface area contributed by atoms with Crippen LogP contribution in [0.1, 0.15) is 43.4 Å². The number of hydrogen-bond acceptors (Lipinski definition) is 7. The number of rotatable bonds is 9. The first kappa shape index (κ1) is 28.4. The van der Waals surface area contributed by atoms with E-state index in [2.05, 4.69) is 4.98 Å². The van der Waals surface area contributed by atoms with E-state index in [-0.39, 0.29) is 13.1 Å². The third kappa shape index (κ3) is 6.52. The molecule has 0 saturated heterocycles. The lowest BCUT2D eigenvalue weighted by Gasteiger charge is -2.35. The van der Waals surface area contributed by atoms with E-state index < -0.39 is 28.1 Å². The summed E-state index contributed by atoms with van der Waals surface area (Å²) in [7, 11) is -1.80. The van der Waals surface area contributed by atoms with Crippen LogP contribution < -0.4 is 15.4 Å². The first-order chi connectivity index (χ1) is 18.0. The number of fused-ring (bicyclic) bond motifs is 1. The molecule has 8 nitrogen and oxygen atoms in total. The Morgan fingerprint density at radius 2 is 1.92 bits per heavy atom. The molecule has 1 unspecified atom stereocenters. The van der Waals surface area contributed by atoms with Crippen LogP contribution in [0.2, 0.25) is 0 Å². The molecule has 0 radical (unpaired) electrons. The second kappa shape index (κ2) is 11.7. The molecule has 1 atom stereocenters. The molecular weight excluding hydrogens is 519 g/mol. The fraction of sp³-hybridized carbons (Fsp3) is 0.577. The number of likely N-dealkylation sites (N-methyl/N-ethyl adjacent to an activating group) is 1. The van der Waals surface area contributed by atoms with Gasteiger partial charge in [-0.3, -0.25) is 4.98 Å². The SMILES string of the molecule is CN(C)CCOc1cccc2c1CN(S(=O)(=O)C(F)(F)F)CC(CC1CCCC1)N2Cc1cc(N)ccn1. The largest absolute Gasteiger partial charge is 0.511 e. The Kier molecular flexibility index (Phi) is 8.73. The lowest BCUT2D eigenvalue weighted by atomic mass is 9.96. The van der Waals surface area contributed by atoms with E-state index in [0.717, 1.165) is 25.7 Å². The number of pyridine rings is 1. The number of aromatic nitrogens is 1. The van der Waals surface area contributed by atoms with Gasteiger partial charge < -0.3 is 20.3 Å². The summed E-state index contributed by atoms with van der Waals surface area (Å²) in [4.78, 5) is 8.36. The molecule has 210 valence electrons. The van der Waals surface area contributed by atoms with Gasteiger partial charge in [0.1, 0.15) is 12.4 Å². The highest BCUT2D eigenvalue weighted by molar-refractivity contribution is 7.89. The van der Waals surface area contributed by atoms with Crippen LogP contribution in [0, 0.1) is 5.92 Å². The molecule has 2 aliphatic rings. The first-order valence-electron chi connectivity index (χ1n) is 12.9. The van der Waals surface area contributed by atoms with E-state index in [1.54, 1.807) is 30.5 Å². The molecule has 2 heterocycles. The number of anilines is 2. The highest BCUT2D eigenvalue weighted by atomic mass is 32.2. The van der Waals surface area contributed by atoms with Crippen molar-refractivity contribution < 1.29 is 26.3 Å². The standard InChI is InChI=1S/C26H36F3N5O3S/c1-32(2)12-13-37-25-9-5-8-24-23(25)18-33(38(35,36)26(27,28)29)17-22(14-19-6-3-4-7-19)34(24)16-21-15-20(30)10-11-31-21/h5,8-11,15,19,22H,3-4,6-7,12-14,16-18H2,1-2H3,(H2,30,31). The zero-order valence-electron chi connectivity index (χ0n) is 21.8. The molecule has 4 rings (SSSR count). The summed E-state index contributed by atoms with van der Waals surface area (Å²) in [5, 5.41) is 0.